The van der Waals surface area contributed by atoms with E-state index in [1.54, 1.807) is 25.4 Å². The van der Waals surface area contributed by atoms with E-state index >= 15 is 0 Å². The minimum absolute atomic E-state index is 0.0105. The van der Waals surface area contributed by atoms with Gasteiger partial charge in [-0.3, -0.25) is 14.7 Å². The van der Waals surface area contributed by atoms with Crippen LogP contribution in [0.15, 0.2) is 54.7 Å². The normalized spacial score (nSPS) is 10.6. The highest BCUT2D eigenvalue weighted by Crippen LogP contribution is 2.15. The second-order valence-electron chi connectivity index (χ2n) is 6.33. The number of H-pyrrole nitrogens is 1. The van der Waals surface area contributed by atoms with Crippen molar-refractivity contribution in [3.63, 3.8) is 0 Å². The van der Waals surface area contributed by atoms with Gasteiger partial charge in [0.15, 0.2) is 5.78 Å². The van der Waals surface area contributed by atoms with Crippen LogP contribution < -0.4 is 5.32 Å². The Labute approximate surface area is 158 Å². The largest absolute Gasteiger partial charge is 0.354 e. The van der Waals surface area contributed by atoms with Gasteiger partial charge in [0.2, 0.25) is 0 Å². The number of hydrogen-bond donors (Lipinski definition) is 2. The molecule has 6 nitrogen and oxygen atoms in total. The third-order valence-corrected chi connectivity index (χ3v) is 4.30. The van der Waals surface area contributed by atoms with Gasteiger partial charge in [-0.1, -0.05) is 30.3 Å². The lowest BCUT2D eigenvalue weighted by Gasteiger charge is -2.08. The lowest BCUT2D eigenvalue weighted by atomic mass is 10.0. The van der Waals surface area contributed by atoms with Crippen molar-refractivity contribution in [3.05, 3.63) is 82.9 Å². The summed E-state index contributed by atoms with van der Waals surface area (Å²) in [6, 6.07) is 15.1. The van der Waals surface area contributed by atoms with E-state index in [9.17, 15) is 9.59 Å². The van der Waals surface area contributed by atoms with Gasteiger partial charge in [-0.15, -0.1) is 0 Å². The lowest BCUT2D eigenvalue weighted by molar-refractivity contribution is 0.0958. The predicted molar refractivity (Wildman–Crippen MR) is 103 cm³/mol. The van der Waals surface area contributed by atoms with Gasteiger partial charge in [0.05, 0.1) is 0 Å². The van der Waals surface area contributed by atoms with Crippen LogP contribution in [0.4, 0.5) is 0 Å². The number of aryl methyl sites for hydroxylation is 1. The summed E-state index contributed by atoms with van der Waals surface area (Å²) < 4.78 is 0. The van der Waals surface area contributed by atoms with Gasteiger partial charge in [0, 0.05) is 43.0 Å². The molecule has 1 amide bonds. The minimum atomic E-state index is -0.295. The quantitative estimate of drug-likeness (QED) is 0.603. The molecule has 0 saturated heterocycles. The van der Waals surface area contributed by atoms with Crippen molar-refractivity contribution in [3.8, 4) is 0 Å². The van der Waals surface area contributed by atoms with E-state index in [1.165, 1.54) is 0 Å². The Bertz CT molecular complexity index is 905. The van der Waals surface area contributed by atoms with Gasteiger partial charge in [0.25, 0.3) is 5.91 Å². The molecule has 0 unspecified atom stereocenters. The molecule has 0 radical (unpaired) electrons. The summed E-state index contributed by atoms with van der Waals surface area (Å²) in [4.78, 5) is 29.1. The Morgan fingerprint density at radius 2 is 1.93 bits per heavy atom. The first-order valence-corrected chi connectivity index (χ1v) is 8.94. The van der Waals surface area contributed by atoms with Gasteiger partial charge >= 0.3 is 0 Å². The molecule has 27 heavy (non-hydrogen) atoms. The van der Waals surface area contributed by atoms with Gasteiger partial charge in [-0.05, 0) is 36.6 Å². The van der Waals surface area contributed by atoms with Crippen molar-refractivity contribution >= 4 is 11.7 Å². The van der Waals surface area contributed by atoms with Crippen LogP contribution in [0.5, 0.6) is 0 Å². The number of pyridine rings is 1. The Kier molecular flexibility index (Phi) is 6.10. The summed E-state index contributed by atoms with van der Waals surface area (Å²) >= 11 is 0. The maximum atomic E-state index is 12.7. The Hall–Kier alpha value is -3.28. The molecule has 0 aliphatic carbocycles. The number of benzene rings is 1. The lowest BCUT2D eigenvalue weighted by Crippen LogP contribution is -2.20. The molecule has 0 aliphatic rings. The zero-order chi connectivity index (χ0) is 19.1. The molecule has 2 heterocycles. The molecule has 2 N–H and O–H groups in total. The average Bonchev–Trinajstić information content (AvgIpc) is 3.21. The average molecular weight is 362 g/mol. The zero-order valence-electron chi connectivity index (χ0n) is 15.2. The maximum Gasteiger partial charge on any atom is 0.269 e. The highest BCUT2D eigenvalue weighted by atomic mass is 16.1. The van der Waals surface area contributed by atoms with Crippen molar-refractivity contribution in [2.45, 2.75) is 25.7 Å². The molecule has 0 aliphatic heterocycles. The molecule has 1 aromatic carbocycles. The number of amides is 1. The van der Waals surface area contributed by atoms with Gasteiger partial charge in [-0.25, -0.2) is 4.98 Å². The summed E-state index contributed by atoms with van der Waals surface area (Å²) in [6.07, 6.45) is 4.15. The van der Waals surface area contributed by atoms with Crippen LogP contribution in [0.25, 0.3) is 0 Å². The maximum absolute atomic E-state index is 12.7. The van der Waals surface area contributed by atoms with Gasteiger partial charge in [0.1, 0.15) is 5.69 Å². The fourth-order valence-corrected chi connectivity index (χ4v) is 2.90. The number of carbonyl (C=O) groups is 2. The van der Waals surface area contributed by atoms with E-state index in [2.05, 4.69) is 20.5 Å². The van der Waals surface area contributed by atoms with Gasteiger partial charge < -0.3 is 5.32 Å². The van der Waals surface area contributed by atoms with Crippen LogP contribution in [0, 0.1) is 0 Å². The molecular formula is C21H22N4O2. The van der Waals surface area contributed by atoms with Crippen molar-refractivity contribution < 1.29 is 9.59 Å². The second-order valence-corrected chi connectivity index (χ2v) is 6.33. The molecule has 138 valence electrons. The van der Waals surface area contributed by atoms with Crippen LogP contribution in [0.2, 0.25) is 0 Å². The van der Waals surface area contributed by atoms with E-state index in [0.29, 0.717) is 30.5 Å². The molecule has 0 saturated carbocycles. The first kappa shape index (κ1) is 18.5. The number of hydrogen-bond acceptors (Lipinski definition) is 4. The third kappa shape index (κ3) is 5.10. The summed E-state index contributed by atoms with van der Waals surface area (Å²) in [5.74, 6) is -0.284. The van der Waals surface area contributed by atoms with Crippen LogP contribution >= 0.6 is 0 Å². The van der Waals surface area contributed by atoms with Crippen LogP contribution in [-0.4, -0.2) is 33.9 Å². The van der Waals surface area contributed by atoms with Crippen molar-refractivity contribution in [2.24, 2.45) is 0 Å². The fourth-order valence-electron chi connectivity index (χ4n) is 2.90. The van der Waals surface area contributed by atoms with E-state index in [4.69, 9.17) is 0 Å². The van der Waals surface area contributed by atoms with Gasteiger partial charge in [-0.2, -0.15) is 5.10 Å². The summed E-state index contributed by atoms with van der Waals surface area (Å²) in [6.45, 7) is 0. The third-order valence-electron chi connectivity index (χ3n) is 4.30. The van der Waals surface area contributed by atoms with E-state index in [0.717, 1.165) is 17.7 Å². The Morgan fingerprint density at radius 1 is 1.11 bits per heavy atom. The highest BCUT2D eigenvalue weighted by Gasteiger charge is 2.14. The van der Waals surface area contributed by atoms with E-state index < -0.39 is 0 Å². The predicted octanol–water partition coefficient (Wildman–Crippen LogP) is 2.96. The number of nitrogens with one attached hydrogen (secondary N) is 2. The fraction of sp³-hybridized carbons (Fsp3) is 0.238. The number of aromatic amines is 1. The first-order valence-electron chi connectivity index (χ1n) is 8.94. The molecule has 0 bridgehead atoms. The van der Waals surface area contributed by atoms with Crippen molar-refractivity contribution in [1.82, 2.24) is 20.5 Å². The smallest absolute Gasteiger partial charge is 0.269 e. The molecule has 3 aromatic rings. The van der Waals surface area contributed by atoms with Crippen molar-refractivity contribution in [1.29, 1.82) is 0 Å². The second kappa shape index (κ2) is 8.89. The summed E-state index contributed by atoms with van der Waals surface area (Å²) in [7, 11) is 1.56. The number of carbonyl (C=O) groups excluding carboxylic acids is 2. The minimum Gasteiger partial charge on any atom is -0.354 e. The summed E-state index contributed by atoms with van der Waals surface area (Å²) in [5.41, 5.74) is 3.59. The van der Waals surface area contributed by atoms with E-state index in [1.807, 2.05) is 36.4 Å². The molecule has 0 spiro atoms. The SMILES string of the molecule is CNC(=O)c1cc(C(=O)CCCc2ccn[nH]2)cc(Cc2ccccc2)n1. The monoisotopic (exact) mass is 362 g/mol. The number of ketones is 1. The highest BCUT2D eigenvalue weighted by molar-refractivity contribution is 5.99. The zero-order valence-corrected chi connectivity index (χ0v) is 15.2. The number of nitrogens with zero attached hydrogens (tertiary/aromatic N) is 2. The van der Waals surface area contributed by atoms with Crippen molar-refractivity contribution in [2.75, 3.05) is 7.05 Å². The molecule has 6 heteroatoms. The number of rotatable bonds is 8. The standard InChI is InChI=1S/C21H22N4O2/c1-22-21(27)19-14-16(20(26)9-5-8-17-10-11-23-25-17)13-18(24-19)12-15-6-3-2-4-7-15/h2-4,6-7,10-11,13-14H,5,8-9,12H2,1H3,(H,22,27)(H,23,25). The Morgan fingerprint density at radius 3 is 2.63 bits per heavy atom. The van der Waals surface area contributed by atoms with Crippen LogP contribution in [-0.2, 0) is 12.8 Å². The topological polar surface area (TPSA) is 87.7 Å². The van der Waals surface area contributed by atoms with E-state index in [-0.39, 0.29) is 17.4 Å². The van der Waals surface area contributed by atoms with Crippen LogP contribution in [0.1, 0.15) is 50.6 Å². The molecule has 0 fully saturated rings. The Balaban J connectivity index is 1.76. The summed E-state index contributed by atoms with van der Waals surface area (Å²) in [5, 5.41) is 9.38. The molecule has 3 rings (SSSR count). The van der Waals surface area contributed by atoms with Crippen LogP contribution in [0.3, 0.4) is 0 Å². The number of aromatic nitrogens is 3. The first-order chi connectivity index (χ1) is 13.2. The molecule has 2 aromatic heterocycles. The number of Topliss-reactive ketones (excluding diaryl/α,β-unsaturated/α-hetero) is 1. The molecular weight excluding hydrogens is 340 g/mol. The molecule has 0 atom stereocenters.